The fourth-order valence-electron chi connectivity index (χ4n) is 1.71. The van der Waals surface area contributed by atoms with Crippen LogP contribution in [0.4, 0.5) is 0 Å². The minimum atomic E-state index is -0.133. The van der Waals surface area contributed by atoms with Gasteiger partial charge in [0, 0.05) is 22.2 Å². The fraction of sp³-hybridized carbons (Fsp3) is 0.133. The number of carbonyl (C=O) groups excluding carboxylic acids is 1. The normalized spacial score (nSPS) is 10.3. The molecule has 0 unspecified atom stereocenters. The van der Waals surface area contributed by atoms with Gasteiger partial charge in [0.2, 0.25) is 0 Å². The zero-order chi connectivity index (χ0) is 14.5. The first-order chi connectivity index (χ1) is 9.60. The average Bonchev–Trinajstić information content (AvgIpc) is 2.48. The van der Waals surface area contributed by atoms with Gasteiger partial charge in [-0.25, -0.2) is 0 Å². The Morgan fingerprint density at radius 3 is 2.40 bits per heavy atom. The first-order valence-corrected chi connectivity index (χ1v) is 7.57. The number of amides is 1. The molecule has 0 radical (unpaired) electrons. The van der Waals surface area contributed by atoms with Crippen molar-refractivity contribution in [1.82, 2.24) is 5.32 Å². The third-order valence-electron chi connectivity index (χ3n) is 2.89. The summed E-state index contributed by atoms with van der Waals surface area (Å²) in [5.41, 5.74) is 8.21. The Morgan fingerprint density at radius 1 is 1.15 bits per heavy atom. The third-order valence-corrected chi connectivity index (χ3v) is 4.47. The highest BCUT2D eigenvalue weighted by Gasteiger charge is 2.07. The van der Waals surface area contributed by atoms with E-state index in [4.69, 9.17) is 17.3 Å². The third kappa shape index (κ3) is 3.94. The lowest BCUT2D eigenvalue weighted by Crippen LogP contribution is -2.22. The van der Waals surface area contributed by atoms with Crippen LogP contribution in [0.5, 0.6) is 0 Å². The van der Waals surface area contributed by atoms with E-state index in [-0.39, 0.29) is 5.91 Å². The second-order valence-corrected chi connectivity index (χ2v) is 5.90. The minimum Gasteiger partial charge on any atom is -0.348 e. The molecule has 0 bridgehead atoms. The molecule has 1 amide bonds. The predicted octanol–water partition coefficient (Wildman–Crippen LogP) is 3.33. The lowest BCUT2D eigenvalue weighted by molar-refractivity contribution is 0.0951. The molecule has 0 aliphatic heterocycles. The van der Waals surface area contributed by atoms with Crippen LogP contribution in [0.25, 0.3) is 0 Å². The van der Waals surface area contributed by atoms with Crippen molar-refractivity contribution in [3.05, 3.63) is 67.7 Å². The Balaban J connectivity index is 1.98. The summed E-state index contributed by atoms with van der Waals surface area (Å²) in [6, 6.07) is 13.1. The topological polar surface area (TPSA) is 55.1 Å². The van der Waals surface area contributed by atoms with Gasteiger partial charge in [-0.2, -0.15) is 0 Å². The van der Waals surface area contributed by atoms with E-state index >= 15 is 0 Å². The van der Waals surface area contributed by atoms with Gasteiger partial charge in [0.25, 0.3) is 5.91 Å². The summed E-state index contributed by atoms with van der Waals surface area (Å²) in [6.45, 7) is 1.00. The summed E-state index contributed by atoms with van der Waals surface area (Å²) in [4.78, 5) is 12.0. The molecule has 2 rings (SSSR count). The zero-order valence-electron chi connectivity index (χ0n) is 10.7. The number of hydrogen-bond acceptors (Lipinski definition) is 2. The summed E-state index contributed by atoms with van der Waals surface area (Å²) in [5.74, 6) is -0.133. The maximum Gasteiger partial charge on any atom is 0.251 e. The lowest BCUT2D eigenvalue weighted by Gasteiger charge is -2.07. The Morgan fingerprint density at radius 2 is 1.80 bits per heavy atom. The van der Waals surface area contributed by atoms with Gasteiger partial charge in [-0.3, -0.25) is 4.79 Å². The van der Waals surface area contributed by atoms with Crippen molar-refractivity contribution in [2.24, 2.45) is 5.73 Å². The Hall–Kier alpha value is -1.11. The van der Waals surface area contributed by atoms with E-state index in [9.17, 15) is 4.79 Å². The van der Waals surface area contributed by atoms with Gasteiger partial charge < -0.3 is 11.1 Å². The first kappa shape index (κ1) is 15.3. The molecule has 0 aliphatic rings. The first-order valence-electron chi connectivity index (χ1n) is 6.11. The Labute approximate surface area is 136 Å². The largest absolute Gasteiger partial charge is 0.348 e. The highest BCUT2D eigenvalue weighted by atomic mass is 127. The van der Waals surface area contributed by atoms with Crippen molar-refractivity contribution in [3.63, 3.8) is 0 Å². The molecule has 3 nitrogen and oxygen atoms in total. The van der Waals surface area contributed by atoms with Crippen molar-refractivity contribution in [3.8, 4) is 0 Å². The molecular weight excluding hydrogens is 387 g/mol. The number of nitrogens with two attached hydrogens (primary N) is 1. The SMILES string of the molecule is NCc1ccc(CNC(=O)c2ccc(I)c(Cl)c2)cc1. The number of hydrogen-bond donors (Lipinski definition) is 2. The van der Waals surface area contributed by atoms with Crippen molar-refractivity contribution in [1.29, 1.82) is 0 Å². The van der Waals surface area contributed by atoms with Gasteiger partial charge in [0.05, 0.1) is 5.02 Å². The predicted molar refractivity (Wildman–Crippen MR) is 89.7 cm³/mol. The summed E-state index contributed by atoms with van der Waals surface area (Å²) in [5, 5.41) is 3.46. The summed E-state index contributed by atoms with van der Waals surface area (Å²) in [6.07, 6.45) is 0. The summed E-state index contributed by atoms with van der Waals surface area (Å²) >= 11 is 8.14. The monoisotopic (exact) mass is 400 g/mol. The Bertz CT molecular complexity index is 614. The van der Waals surface area contributed by atoms with Gasteiger partial charge in [-0.15, -0.1) is 0 Å². The molecular formula is C15H14ClIN2O. The van der Waals surface area contributed by atoms with Crippen LogP contribution in [-0.4, -0.2) is 5.91 Å². The molecule has 0 fully saturated rings. The Kier molecular flexibility index (Phi) is 5.39. The van der Waals surface area contributed by atoms with E-state index in [0.717, 1.165) is 14.7 Å². The van der Waals surface area contributed by atoms with Gasteiger partial charge in [-0.05, 0) is 51.9 Å². The molecule has 104 valence electrons. The number of carbonyl (C=O) groups is 1. The number of halogens is 2. The molecule has 0 atom stereocenters. The van der Waals surface area contributed by atoms with Gasteiger partial charge >= 0.3 is 0 Å². The molecule has 0 spiro atoms. The van der Waals surface area contributed by atoms with E-state index in [1.54, 1.807) is 12.1 Å². The van der Waals surface area contributed by atoms with Crippen LogP contribution >= 0.6 is 34.2 Å². The van der Waals surface area contributed by atoms with Crippen molar-refractivity contribution < 1.29 is 4.79 Å². The van der Waals surface area contributed by atoms with Crippen LogP contribution in [0, 0.1) is 3.57 Å². The molecule has 2 aromatic carbocycles. The number of rotatable bonds is 4. The van der Waals surface area contributed by atoms with Crippen molar-refractivity contribution >= 4 is 40.1 Å². The quantitative estimate of drug-likeness (QED) is 0.774. The maximum atomic E-state index is 12.0. The van der Waals surface area contributed by atoms with Crippen molar-refractivity contribution in [2.45, 2.75) is 13.1 Å². The smallest absolute Gasteiger partial charge is 0.251 e. The molecule has 0 aromatic heterocycles. The molecule has 0 saturated heterocycles. The zero-order valence-corrected chi connectivity index (χ0v) is 13.6. The van der Waals surface area contributed by atoms with E-state index in [1.807, 2.05) is 30.3 Å². The van der Waals surface area contributed by atoms with Gasteiger partial charge in [-0.1, -0.05) is 35.9 Å². The fourth-order valence-corrected chi connectivity index (χ4v) is 2.23. The van der Waals surface area contributed by atoms with Crippen LogP contribution in [0.3, 0.4) is 0 Å². The highest BCUT2D eigenvalue weighted by Crippen LogP contribution is 2.19. The maximum absolute atomic E-state index is 12.0. The van der Waals surface area contributed by atoms with Crippen LogP contribution in [0.1, 0.15) is 21.5 Å². The van der Waals surface area contributed by atoms with Crippen LogP contribution in [0.15, 0.2) is 42.5 Å². The molecule has 3 N–H and O–H groups in total. The molecule has 0 saturated carbocycles. The molecule has 2 aromatic rings. The molecule has 5 heteroatoms. The van der Waals surface area contributed by atoms with E-state index in [2.05, 4.69) is 27.9 Å². The number of benzene rings is 2. The van der Waals surface area contributed by atoms with E-state index in [0.29, 0.717) is 23.7 Å². The van der Waals surface area contributed by atoms with Crippen LogP contribution < -0.4 is 11.1 Å². The minimum absolute atomic E-state index is 0.133. The standard InChI is InChI=1S/C15H14ClIN2O/c16-13-7-12(5-6-14(13)17)15(20)19-9-11-3-1-10(8-18)2-4-11/h1-7H,8-9,18H2,(H,19,20). The second kappa shape index (κ2) is 7.06. The van der Waals surface area contributed by atoms with Gasteiger partial charge in [0.1, 0.15) is 0 Å². The molecule has 20 heavy (non-hydrogen) atoms. The highest BCUT2D eigenvalue weighted by molar-refractivity contribution is 14.1. The van der Waals surface area contributed by atoms with Gasteiger partial charge in [0.15, 0.2) is 0 Å². The van der Waals surface area contributed by atoms with Crippen LogP contribution in [0.2, 0.25) is 5.02 Å². The summed E-state index contributed by atoms with van der Waals surface area (Å²) < 4.78 is 0.929. The molecule has 0 heterocycles. The molecule has 0 aliphatic carbocycles. The lowest BCUT2D eigenvalue weighted by atomic mass is 10.1. The van der Waals surface area contributed by atoms with E-state index in [1.165, 1.54) is 0 Å². The summed E-state index contributed by atoms with van der Waals surface area (Å²) in [7, 11) is 0. The number of nitrogens with one attached hydrogen (secondary N) is 1. The average molecular weight is 401 g/mol. The second-order valence-electron chi connectivity index (χ2n) is 4.33. The van der Waals surface area contributed by atoms with E-state index < -0.39 is 0 Å². The van der Waals surface area contributed by atoms with Crippen molar-refractivity contribution in [2.75, 3.05) is 0 Å². The van der Waals surface area contributed by atoms with Crippen LogP contribution in [-0.2, 0) is 13.1 Å².